The second kappa shape index (κ2) is 54.0. The van der Waals surface area contributed by atoms with Crippen LogP contribution >= 0.6 is 0 Å². The molecule has 5 atom stereocenters. The van der Waals surface area contributed by atoms with Crippen LogP contribution in [0.3, 0.4) is 0 Å². The van der Waals surface area contributed by atoms with Gasteiger partial charge >= 0.3 is 30.0 Å². The van der Waals surface area contributed by atoms with E-state index < -0.39 is 29.8 Å². The highest BCUT2D eigenvalue weighted by atomic mass is 16.6. The molecule has 0 radical (unpaired) electrons. The monoisotopic (exact) mass is 1320 g/mol. The fourth-order valence-electron chi connectivity index (χ4n) is 12.8. The Morgan fingerprint density at radius 2 is 1.03 bits per heavy atom. The van der Waals surface area contributed by atoms with Gasteiger partial charge < -0.3 is 49.9 Å². The zero-order valence-electron chi connectivity index (χ0n) is 60.0. The lowest BCUT2D eigenvalue weighted by atomic mass is 9.62. The first kappa shape index (κ1) is 85.0. The third-order valence-corrected chi connectivity index (χ3v) is 17.8. The fourth-order valence-corrected chi connectivity index (χ4v) is 12.8. The third-order valence-electron chi connectivity index (χ3n) is 17.8. The Morgan fingerprint density at radius 1 is 0.574 bits per heavy atom. The second-order valence-electron chi connectivity index (χ2n) is 28.1. The predicted octanol–water partition coefficient (Wildman–Crippen LogP) is 17.1. The Bertz CT molecular complexity index is 2260. The number of aliphatic hydroxyl groups is 3. The fraction of sp³-hybridized carbons (Fsp3) is 0.803. The largest absolute Gasteiger partial charge is 0.462 e. The van der Waals surface area contributed by atoms with Crippen molar-refractivity contribution >= 4 is 36.0 Å². The number of hydrogen-bond donors (Lipinski definition) is 7. The molecule has 1 heterocycles. The van der Waals surface area contributed by atoms with Crippen molar-refractivity contribution in [3.63, 3.8) is 0 Å². The first-order valence-corrected chi connectivity index (χ1v) is 37.3. The average Bonchev–Trinajstić information content (AvgIpc) is 0.866. The van der Waals surface area contributed by atoms with E-state index >= 15 is 0 Å². The molecule has 540 valence electrons. The molecule has 1 aliphatic rings. The SMILES string of the molecule is CCCCCCC(O)C/C=C/CCCCCCCC(=O)OCC(COC(=O)CCCCCCC/C=C/CC(O)CCCCCC)OC(=O)CCCCCCC/C=C/CC(CCCCCC)OC(=O)NC1CC(C)(C)CC(C)(CNC(=O)Nc2nc(=O)c(CCO)c(C)[nH]2)C1. The van der Waals surface area contributed by atoms with Gasteiger partial charge in [-0.15, -0.1) is 0 Å². The molecule has 1 aromatic rings. The standard InChI is InChI=1S/C76H133N5O13/c1-8-11-14-35-44-63(83)46-37-29-23-17-20-26-32-41-50-68(85)91-57-66(58-92-69(86)51-42-33-27-21-18-24-30-38-47-64(84)45-36-15-12-9-2)93-70(87)52-43-34-28-22-19-25-31-40-49-65(48-39-16-13-10-3)94-74(90)79-62-55-75(5,6)59-76(7,56-62)60-77-73(89)81-72-78-61(4)67(53-54-82)71(88)80-72/h29-31,37-38,40,62-66,82-84H,8-28,32-36,39,41-60H2,1-7H3,(H,79,90)(H3,77,78,80,81,88,89)/b37-29+,38-30+,40-31+. The summed E-state index contributed by atoms with van der Waals surface area (Å²) in [5.41, 5.74) is -0.0534. The van der Waals surface area contributed by atoms with Gasteiger partial charge in [0.1, 0.15) is 19.3 Å². The number of unbranched alkanes of at least 4 members (excludes halogenated alkanes) is 24. The number of aromatic amines is 1. The zero-order chi connectivity index (χ0) is 68.9. The molecule has 18 heteroatoms. The number of allylic oxidation sites excluding steroid dienone is 3. The Morgan fingerprint density at radius 3 is 1.52 bits per heavy atom. The summed E-state index contributed by atoms with van der Waals surface area (Å²) < 4.78 is 23.1. The number of aliphatic hydroxyl groups excluding tert-OH is 3. The molecule has 94 heavy (non-hydrogen) atoms. The number of nitrogens with zero attached hydrogens (tertiary/aromatic N) is 1. The number of esters is 3. The van der Waals surface area contributed by atoms with Gasteiger partial charge in [-0.1, -0.05) is 206 Å². The second-order valence-corrected chi connectivity index (χ2v) is 28.1. The van der Waals surface area contributed by atoms with Crippen molar-refractivity contribution in [1.82, 2.24) is 20.6 Å². The molecular weight excluding hydrogens is 1190 g/mol. The van der Waals surface area contributed by atoms with Crippen molar-refractivity contribution in [2.24, 2.45) is 10.8 Å². The van der Waals surface area contributed by atoms with Crippen LogP contribution in [0.15, 0.2) is 41.3 Å². The number of urea groups is 1. The van der Waals surface area contributed by atoms with Gasteiger partial charge in [0.05, 0.1) is 12.2 Å². The molecule has 2 rings (SSSR count). The van der Waals surface area contributed by atoms with E-state index in [0.29, 0.717) is 62.7 Å². The van der Waals surface area contributed by atoms with E-state index in [-0.39, 0.29) is 98.6 Å². The molecule has 0 saturated heterocycles. The summed E-state index contributed by atoms with van der Waals surface area (Å²) in [6.07, 6.45) is 48.9. The highest BCUT2D eigenvalue weighted by Gasteiger charge is 2.42. The number of rotatable bonds is 57. The molecule has 5 unspecified atom stereocenters. The van der Waals surface area contributed by atoms with Crippen molar-refractivity contribution in [1.29, 1.82) is 0 Å². The molecule has 1 fully saturated rings. The minimum atomic E-state index is -0.890. The highest BCUT2D eigenvalue weighted by Crippen LogP contribution is 2.46. The molecule has 18 nitrogen and oxygen atoms in total. The van der Waals surface area contributed by atoms with Crippen molar-refractivity contribution in [2.75, 3.05) is 31.7 Å². The molecule has 1 aromatic heterocycles. The highest BCUT2D eigenvalue weighted by molar-refractivity contribution is 5.87. The lowest BCUT2D eigenvalue weighted by Crippen LogP contribution is -2.51. The van der Waals surface area contributed by atoms with Crippen molar-refractivity contribution < 1.29 is 58.2 Å². The number of amides is 3. The number of alkyl carbamates (subject to hydrolysis) is 1. The summed E-state index contributed by atoms with van der Waals surface area (Å²) in [6, 6.07) is -0.662. The molecule has 0 bridgehead atoms. The first-order valence-electron chi connectivity index (χ1n) is 37.3. The molecule has 1 saturated carbocycles. The van der Waals surface area contributed by atoms with E-state index in [9.17, 15) is 44.1 Å². The van der Waals surface area contributed by atoms with E-state index in [1.807, 2.05) is 0 Å². The molecule has 0 aliphatic heterocycles. The Kier molecular flexibility index (Phi) is 48.8. The van der Waals surface area contributed by atoms with Crippen LogP contribution in [0, 0.1) is 17.8 Å². The zero-order valence-corrected chi connectivity index (χ0v) is 60.0. The summed E-state index contributed by atoms with van der Waals surface area (Å²) >= 11 is 0. The van der Waals surface area contributed by atoms with Crippen LogP contribution in [0.2, 0.25) is 0 Å². The molecule has 7 N–H and O–H groups in total. The Balaban J connectivity index is 1.80. The quantitative estimate of drug-likeness (QED) is 0.0138. The summed E-state index contributed by atoms with van der Waals surface area (Å²) in [7, 11) is 0. The van der Waals surface area contributed by atoms with Crippen molar-refractivity contribution in [3.8, 4) is 0 Å². The molecular formula is C76H133N5O13. The topological polar surface area (TPSA) is 265 Å². The van der Waals surface area contributed by atoms with E-state index in [4.69, 9.17) is 18.9 Å². The van der Waals surface area contributed by atoms with E-state index in [0.717, 1.165) is 167 Å². The van der Waals surface area contributed by atoms with E-state index in [2.05, 4.69) is 104 Å². The number of carbonyl (C=O) groups is 5. The van der Waals surface area contributed by atoms with Gasteiger partial charge in [0.2, 0.25) is 5.95 Å². The van der Waals surface area contributed by atoms with Crippen molar-refractivity contribution in [3.05, 3.63) is 58.1 Å². The number of aromatic nitrogens is 2. The van der Waals surface area contributed by atoms with Gasteiger partial charge in [-0.3, -0.25) is 24.5 Å². The molecule has 1 aliphatic carbocycles. The van der Waals surface area contributed by atoms with Crippen LogP contribution in [0.5, 0.6) is 0 Å². The maximum atomic E-state index is 13.6. The summed E-state index contributed by atoms with van der Waals surface area (Å²) in [5, 5.41) is 38.4. The van der Waals surface area contributed by atoms with Gasteiger partial charge in [0, 0.05) is 62.6 Å². The van der Waals surface area contributed by atoms with Crippen LogP contribution in [0.4, 0.5) is 15.5 Å². The molecule has 0 aromatic carbocycles. The van der Waals surface area contributed by atoms with Crippen LogP contribution in [0.25, 0.3) is 0 Å². The number of hydrogen-bond acceptors (Lipinski definition) is 14. The lowest BCUT2D eigenvalue weighted by Gasteiger charge is -2.46. The third kappa shape index (κ3) is 45.4. The number of ether oxygens (including phenoxy) is 4. The van der Waals surface area contributed by atoms with Crippen LogP contribution < -0.4 is 21.5 Å². The summed E-state index contributed by atoms with van der Waals surface area (Å²) in [4.78, 5) is 84.6. The summed E-state index contributed by atoms with van der Waals surface area (Å²) in [5.74, 6) is -1.11. The number of nitrogens with one attached hydrogen (secondary N) is 4. The Hall–Kier alpha value is -5.07. The van der Waals surface area contributed by atoms with Gasteiger partial charge in [0.25, 0.3) is 5.56 Å². The van der Waals surface area contributed by atoms with Crippen LogP contribution in [0.1, 0.15) is 322 Å². The molecule has 3 amide bonds. The number of carbonyl (C=O) groups excluding carboxylic acids is 5. The van der Waals surface area contributed by atoms with E-state index in [1.165, 1.54) is 38.5 Å². The van der Waals surface area contributed by atoms with E-state index in [1.54, 1.807) is 6.92 Å². The van der Waals surface area contributed by atoms with Crippen LogP contribution in [-0.4, -0.2) is 112 Å². The number of anilines is 1. The molecule has 0 spiro atoms. The minimum absolute atomic E-state index is 0.0285. The smallest absolute Gasteiger partial charge is 0.407 e. The van der Waals surface area contributed by atoms with Gasteiger partial charge in [0.15, 0.2) is 6.10 Å². The predicted molar refractivity (Wildman–Crippen MR) is 379 cm³/mol. The van der Waals surface area contributed by atoms with Crippen LogP contribution in [-0.2, 0) is 39.8 Å². The minimum Gasteiger partial charge on any atom is -0.462 e. The van der Waals surface area contributed by atoms with Gasteiger partial charge in [-0.05, 0) is 133 Å². The van der Waals surface area contributed by atoms with Crippen molar-refractivity contribution in [2.45, 2.75) is 355 Å². The normalized spacial score (nSPS) is 16.9. The van der Waals surface area contributed by atoms with Gasteiger partial charge in [-0.25, -0.2) is 9.59 Å². The lowest BCUT2D eigenvalue weighted by molar-refractivity contribution is -0.167. The summed E-state index contributed by atoms with van der Waals surface area (Å²) in [6.45, 7) is 14.5. The maximum absolute atomic E-state index is 13.6. The maximum Gasteiger partial charge on any atom is 0.407 e. The Labute approximate surface area is 568 Å². The number of H-pyrrole nitrogens is 1. The van der Waals surface area contributed by atoms with Gasteiger partial charge in [-0.2, -0.15) is 4.98 Å². The first-order chi connectivity index (χ1) is 45.3. The number of aryl methyl sites for hydroxylation is 1. The average molecular weight is 1320 g/mol.